The maximum absolute atomic E-state index is 12.0. The second-order valence-electron chi connectivity index (χ2n) is 4.47. The molecule has 6 nitrogen and oxygen atoms in total. The predicted octanol–water partition coefficient (Wildman–Crippen LogP) is 3.22. The molecule has 0 bridgehead atoms. The Bertz CT molecular complexity index is 757. The van der Waals surface area contributed by atoms with E-state index in [1.165, 1.54) is 0 Å². The van der Waals surface area contributed by atoms with Crippen molar-refractivity contribution in [2.45, 2.75) is 0 Å². The van der Waals surface area contributed by atoms with Crippen molar-refractivity contribution in [2.24, 2.45) is 5.84 Å². The van der Waals surface area contributed by atoms with Gasteiger partial charge in [0.05, 0.1) is 0 Å². The van der Waals surface area contributed by atoms with E-state index in [2.05, 4.69) is 5.16 Å². The summed E-state index contributed by atoms with van der Waals surface area (Å²) in [6, 6.07) is 19.6. The van der Waals surface area contributed by atoms with E-state index in [0.717, 1.165) is 10.6 Å². The van der Waals surface area contributed by atoms with Crippen LogP contribution in [0, 0.1) is 0 Å². The van der Waals surface area contributed by atoms with Crippen LogP contribution in [-0.2, 0) is 0 Å². The second kappa shape index (κ2) is 6.11. The number of carbonyl (C=O) groups is 1. The molecule has 1 heterocycles. The van der Waals surface area contributed by atoms with Gasteiger partial charge in [-0.3, -0.25) is 0 Å². The summed E-state index contributed by atoms with van der Waals surface area (Å²) in [5.74, 6) is 6.79. The van der Waals surface area contributed by atoms with Crippen LogP contribution in [0.15, 0.2) is 71.3 Å². The molecule has 0 aliphatic rings. The van der Waals surface area contributed by atoms with Crippen LogP contribution in [0.1, 0.15) is 0 Å². The molecule has 110 valence electrons. The van der Waals surface area contributed by atoms with Gasteiger partial charge < -0.3 is 9.26 Å². The lowest BCUT2D eigenvalue weighted by molar-refractivity contribution is 0.207. The Hall–Kier alpha value is -3.12. The number of carbonyl (C=O) groups excluding carboxylic acids is 1. The first-order chi connectivity index (χ1) is 10.7. The van der Waals surface area contributed by atoms with Crippen LogP contribution in [0.25, 0.3) is 11.3 Å². The first-order valence-corrected chi connectivity index (χ1v) is 6.58. The Morgan fingerprint density at radius 1 is 1.05 bits per heavy atom. The smallest absolute Gasteiger partial charge is 0.409 e. The van der Waals surface area contributed by atoms with Crippen LogP contribution in [0.2, 0.25) is 0 Å². The zero-order valence-corrected chi connectivity index (χ0v) is 11.5. The van der Waals surface area contributed by atoms with E-state index in [4.69, 9.17) is 15.1 Å². The molecule has 2 aromatic carbocycles. The molecule has 0 radical (unpaired) electrons. The summed E-state index contributed by atoms with van der Waals surface area (Å²) in [7, 11) is 0. The monoisotopic (exact) mass is 295 g/mol. The van der Waals surface area contributed by atoms with Crippen molar-refractivity contribution in [3.8, 4) is 17.1 Å². The van der Waals surface area contributed by atoms with Crippen molar-refractivity contribution < 1.29 is 14.1 Å². The first-order valence-electron chi connectivity index (χ1n) is 6.58. The largest absolute Gasteiger partial charge is 0.435 e. The summed E-state index contributed by atoms with van der Waals surface area (Å²) in [5.41, 5.74) is 0.839. The number of benzene rings is 2. The Morgan fingerprint density at radius 3 is 2.36 bits per heavy atom. The molecule has 0 fully saturated rings. The molecule has 0 unspecified atom stereocenters. The van der Waals surface area contributed by atoms with Crippen molar-refractivity contribution in [3.63, 3.8) is 0 Å². The molecule has 3 rings (SSSR count). The highest BCUT2D eigenvalue weighted by Crippen LogP contribution is 2.23. The summed E-state index contributed by atoms with van der Waals surface area (Å²) in [4.78, 5) is 12.0. The summed E-state index contributed by atoms with van der Waals surface area (Å²) in [5, 5.41) is 4.57. The average molecular weight is 295 g/mol. The van der Waals surface area contributed by atoms with Gasteiger partial charge in [-0.15, -0.1) is 0 Å². The molecule has 6 heteroatoms. The van der Waals surface area contributed by atoms with Crippen LogP contribution in [-0.4, -0.2) is 11.2 Å². The van der Waals surface area contributed by atoms with E-state index in [9.17, 15) is 4.79 Å². The first kappa shape index (κ1) is 13.8. The van der Waals surface area contributed by atoms with Crippen molar-refractivity contribution in [3.05, 3.63) is 66.7 Å². The number of anilines is 1. The second-order valence-corrected chi connectivity index (χ2v) is 4.47. The molecule has 0 saturated heterocycles. The van der Waals surface area contributed by atoms with Gasteiger partial charge >= 0.3 is 6.09 Å². The maximum atomic E-state index is 12.0. The van der Waals surface area contributed by atoms with Crippen molar-refractivity contribution >= 4 is 11.9 Å². The highest BCUT2D eigenvalue weighted by Gasteiger charge is 2.19. The molecule has 1 amide bonds. The third kappa shape index (κ3) is 2.97. The van der Waals surface area contributed by atoms with E-state index in [-0.39, 0.29) is 5.82 Å². The highest BCUT2D eigenvalue weighted by molar-refractivity contribution is 5.87. The van der Waals surface area contributed by atoms with Crippen LogP contribution in [0.4, 0.5) is 10.6 Å². The third-order valence-corrected chi connectivity index (χ3v) is 2.95. The van der Waals surface area contributed by atoms with Gasteiger partial charge in [-0.2, -0.15) is 5.01 Å². The van der Waals surface area contributed by atoms with Gasteiger partial charge in [-0.1, -0.05) is 53.7 Å². The molecular weight excluding hydrogens is 282 g/mol. The van der Waals surface area contributed by atoms with E-state index in [1.54, 1.807) is 30.3 Å². The topological polar surface area (TPSA) is 81.6 Å². The van der Waals surface area contributed by atoms with Crippen molar-refractivity contribution in [1.29, 1.82) is 0 Å². The molecule has 0 aliphatic carbocycles. The van der Waals surface area contributed by atoms with Crippen LogP contribution < -0.4 is 15.6 Å². The third-order valence-electron chi connectivity index (χ3n) is 2.95. The van der Waals surface area contributed by atoms with Crippen LogP contribution in [0.3, 0.4) is 0 Å². The number of aromatic nitrogens is 1. The molecular formula is C16H13N3O3. The predicted molar refractivity (Wildman–Crippen MR) is 81.1 cm³/mol. The molecule has 0 spiro atoms. The maximum Gasteiger partial charge on any atom is 0.435 e. The summed E-state index contributed by atoms with van der Waals surface area (Å²) in [6.45, 7) is 0. The Balaban J connectivity index is 1.74. The molecule has 3 aromatic rings. The van der Waals surface area contributed by atoms with Crippen LogP contribution >= 0.6 is 0 Å². The Labute approximate surface area is 126 Å². The van der Waals surface area contributed by atoms with E-state index in [1.807, 2.05) is 36.4 Å². The molecule has 1 aromatic heterocycles. The average Bonchev–Trinajstić information content (AvgIpc) is 3.06. The van der Waals surface area contributed by atoms with Gasteiger partial charge in [-0.25, -0.2) is 10.6 Å². The lowest BCUT2D eigenvalue weighted by atomic mass is 10.2. The molecule has 22 heavy (non-hydrogen) atoms. The molecule has 0 aliphatic heterocycles. The summed E-state index contributed by atoms with van der Waals surface area (Å²) in [6.07, 6.45) is -0.751. The van der Waals surface area contributed by atoms with E-state index in [0.29, 0.717) is 11.5 Å². The minimum Gasteiger partial charge on any atom is -0.409 e. The van der Waals surface area contributed by atoms with Gasteiger partial charge in [0.1, 0.15) is 5.75 Å². The van der Waals surface area contributed by atoms with Gasteiger partial charge in [0.25, 0.3) is 0 Å². The fraction of sp³-hybridized carbons (Fsp3) is 0. The number of hydrogen-bond acceptors (Lipinski definition) is 5. The Morgan fingerprint density at radius 2 is 1.68 bits per heavy atom. The lowest BCUT2D eigenvalue weighted by Gasteiger charge is -2.12. The quantitative estimate of drug-likeness (QED) is 0.456. The summed E-state index contributed by atoms with van der Waals surface area (Å²) >= 11 is 0. The van der Waals surface area contributed by atoms with E-state index >= 15 is 0 Å². The van der Waals surface area contributed by atoms with Crippen molar-refractivity contribution in [2.75, 3.05) is 5.01 Å². The van der Waals surface area contributed by atoms with Gasteiger partial charge in [0.15, 0.2) is 11.6 Å². The Kier molecular flexibility index (Phi) is 3.84. The van der Waals surface area contributed by atoms with Crippen LogP contribution in [0.5, 0.6) is 5.75 Å². The van der Waals surface area contributed by atoms with Gasteiger partial charge in [-0.05, 0) is 12.1 Å². The van der Waals surface area contributed by atoms with Crippen molar-refractivity contribution in [1.82, 2.24) is 5.16 Å². The van der Waals surface area contributed by atoms with E-state index < -0.39 is 6.09 Å². The number of rotatable bonds is 3. The fourth-order valence-corrected chi connectivity index (χ4v) is 1.85. The zero-order chi connectivity index (χ0) is 15.4. The van der Waals surface area contributed by atoms with Gasteiger partial charge in [0, 0.05) is 11.6 Å². The molecule has 0 saturated carbocycles. The zero-order valence-electron chi connectivity index (χ0n) is 11.5. The number of amides is 1. The highest BCUT2D eigenvalue weighted by atomic mass is 16.6. The number of ether oxygens (including phenoxy) is 1. The number of para-hydroxylation sites is 1. The standard InChI is InChI=1S/C16H13N3O3/c17-19(16(20)21-13-9-5-2-6-10-13)15-11-14(22-18-15)12-7-3-1-4-8-12/h1-11H,17H2. The number of hydrazine groups is 1. The number of hydrogen-bond donors (Lipinski definition) is 1. The SMILES string of the molecule is NN(C(=O)Oc1ccccc1)c1cc(-c2ccccc2)on1. The normalized spacial score (nSPS) is 10.2. The fourth-order valence-electron chi connectivity index (χ4n) is 1.85. The van der Waals surface area contributed by atoms with Gasteiger partial charge in [0.2, 0.25) is 0 Å². The number of nitrogens with two attached hydrogens (primary N) is 1. The lowest BCUT2D eigenvalue weighted by Crippen LogP contribution is -2.39. The molecule has 2 N–H and O–H groups in total. The minimum atomic E-state index is -0.751. The molecule has 0 atom stereocenters. The summed E-state index contributed by atoms with van der Waals surface area (Å²) < 4.78 is 10.3. The minimum absolute atomic E-state index is 0.166. The number of nitrogens with zero attached hydrogens (tertiary/aromatic N) is 2.